The first-order chi connectivity index (χ1) is 7.04. The molecule has 1 aromatic carbocycles. The Morgan fingerprint density at radius 3 is 2.53 bits per heavy atom. The molecule has 0 amide bonds. The summed E-state index contributed by atoms with van der Waals surface area (Å²) in [5.74, 6) is -1.11. The lowest BCUT2D eigenvalue weighted by molar-refractivity contribution is 0.268. The van der Waals surface area contributed by atoms with Crippen molar-refractivity contribution in [3.05, 3.63) is 35.4 Å². The van der Waals surface area contributed by atoms with Crippen LogP contribution in [0, 0.1) is 11.6 Å². The Hall–Kier alpha value is -0.670. The number of benzene rings is 1. The van der Waals surface area contributed by atoms with Crippen LogP contribution in [0.15, 0.2) is 18.2 Å². The molecule has 0 heterocycles. The fourth-order valence-electron chi connectivity index (χ4n) is 1.20. The van der Waals surface area contributed by atoms with Gasteiger partial charge in [-0.2, -0.15) is 0 Å². The molecular weight excluding hydrogens is 220 g/mol. The van der Waals surface area contributed by atoms with Gasteiger partial charge in [-0.3, -0.25) is 4.90 Å². The lowest BCUT2D eigenvalue weighted by Crippen LogP contribution is -2.29. The normalized spacial score (nSPS) is 13.2. The molecule has 0 radical (unpaired) electrons. The van der Waals surface area contributed by atoms with Crippen molar-refractivity contribution in [1.29, 1.82) is 0 Å². The molecular formula is C11H14ClF2N. The summed E-state index contributed by atoms with van der Waals surface area (Å²) in [5.41, 5.74) is 0.744. The van der Waals surface area contributed by atoms with Crippen LogP contribution >= 0.6 is 11.6 Å². The third-order valence-corrected chi connectivity index (χ3v) is 2.84. The van der Waals surface area contributed by atoms with Crippen LogP contribution in [0.2, 0.25) is 0 Å². The molecule has 0 saturated carbocycles. The Morgan fingerprint density at radius 1 is 1.33 bits per heavy atom. The van der Waals surface area contributed by atoms with Crippen molar-refractivity contribution >= 4 is 11.6 Å². The van der Waals surface area contributed by atoms with E-state index in [2.05, 4.69) is 0 Å². The third-order valence-electron chi connectivity index (χ3n) is 2.39. The van der Waals surface area contributed by atoms with Crippen LogP contribution in [-0.4, -0.2) is 23.9 Å². The first kappa shape index (κ1) is 12.4. The van der Waals surface area contributed by atoms with Gasteiger partial charge >= 0.3 is 0 Å². The molecule has 84 valence electrons. The van der Waals surface area contributed by atoms with Crippen LogP contribution < -0.4 is 0 Å². The van der Waals surface area contributed by atoms with Gasteiger partial charge in [0.25, 0.3) is 0 Å². The van der Waals surface area contributed by atoms with E-state index in [9.17, 15) is 8.78 Å². The number of alkyl halides is 1. The Balaban J connectivity index is 2.68. The van der Waals surface area contributed by atoms with Crippen LogP contribution in [0.4, 0.5) is 8.78 Å². The summed E-state index contributed by atoms with van der Waals surface area (Å²) in [6, 6.07) is 4.15. The minimum atomic E-state index is -0.813. The average molecular weight is 234 g/mol. The smallest absolute Gasteiger partial charge is 0.159 e. The van der Waals surface area contributed by atoms with Gasteiger partial charge in [0.1, 0.15) is 0 Å². The van der Waals surface area contributed by atoms with Gasteiger partial charge in [-0.25, -0.2) is 8.78 Å². The molecule has 0 aliphatic carbocycles. The molecule has 0 aliphatic heterocycles. The lowest BCUT2D eigenvalue weighted by atomic mass is 10.2. The average Bonchev–Trinajstić information content (AvgIpc) is 2.22. The molecule has 4 heteroatoms. The first-order valence-electron chi connectivity index (χ1n) is 4.74. The molecule has 0 bridgehead atoms. The summed E-state index contributed by atoms with van der Waals surface area (Å²) in [7, 11) is 1.90. The van der Waals surface area contributed by atoms with Gasteiger partial charge in [0.05, 0.1) is 0 Å². The monoisotopic (exact) mass is 233 g/mol. The topological polar surface area (TPSA) is 3.24 Å². The molecule has 0 saturated heterocycles. The number of hydrogen-bond donors (Lipinski definition) is 0. The van der Waals surface area contributed by atoms with Crippen LogP contribution in [0.3, 0.4) is 0 Å². The number of rotatable bonds is 4. The Labute approximate surface area is 93.7 Å². The summed E-state index contributed by atoms with van der Waals surface area (Å²) < 4.78 is 25.5. The van der Waals surface area contributed by atoms with E-state index in [-0.39, 0.29) is 6.04 Å². The van der Waals surface area contributed by atoms with Crippen LogP contribution in [-0.2, 0) is 6.54 Å². The molecule has 0 spiro atoms. The van der Waals surface area contributed by atoms with E-state index in [0.29, 0.717) is 12.4 Å². The zero-order valence-corrected chi connectivity index (χ0v) is 9.56. The van der Waals surface area contributed by atoms with Gasteiger partial charge in [-0.1, -0.05) is 6.07 Å². The van der Waals surface area contributed by atoms with E-state index >= 15 is 0 Å². The van der Waals surface area contributed by atoms with E-state index < -0.39 is 11.6 Å². The van der Waals surface area contributed by atoms with E-state index in [1.54, 1.807) is 6.07 Å². The summed E-state index contributed by atoms with van der Waals surface area (Å²) in [4.78, 5) is 1.99. The summed E-state index contributed by atoms with van der Waals surface area (Å²) in [6.45, 7) is 2.54. The molecule has 0 fully saturated rings. The highest BCUT2D eigenvalue weighted by Crippen LogP contribution is 2.11. The van der Waals surface area contributed by atoms with Crippen molar-refractivity contribution in [1.82, 2.24) is 4.90 Å². The van der Waals surface area contributed by atoms with Gasteiger partial charge < -0.3 is 0 Å². The fourth-order valence-corrected chi connectivity index (χ4v) is 1.44. The second-order valence-electron chi connectivity index (χ2n) is 3.67. The largest absolute Gasteiger partial charge is 0.298 e. The maximum absolute atomic E-state index is 12.9. The quantitative estimate of drug-likeness (QED) is 0.723. The second kappa shape index (κ2) is 5.42. The van der Waals surface area contributed by atoms with Crippen molar-refractivity contribution in [2.24, 2.45) is 0 Å². The van der Waals surface area contributed by atoms with Crippen molar-refractivity contribution < 1.29 is 8.78 Å². The second-order valence-corrected chi connectivity index (χ2v) is 3.98. The number of hydrogen-bond acceptors (Lipinski definition) is 1. The Kier molecular flexibility index (Phi) is 4.48. The zero-order chi connectivity index (χ0) is 11.4. The SMILES string of the molecule is CC(CCl)N(C)Cc1ccc(F)c(F)c1. The molecule has 15 heavy (non-hydrogen) atoms. The van der Waals surface area contributed by atoms with E-state index in [1.165, 1.54) is 6.07 Å². The van der Waals surface area contributed by atoms with Crippen molar-refractivity contribution in [2.75, 3.05) is 12.9 Å². The summed E-state index contributed by atoms with van der Waals surface area (Å²) >= 11 is 5.69. The van der Waals surface area contributed by atoms with Crippen molar-refractivity contribution in [3.8, 4) is 0 Å². The Morgan fingerprint density at radius 2 is 2.00 bits per heavy atom. The van der Waals surface area contributed by atoms with Crippen molar-refractivity contribution in [3.63, 3.8) is 0 Å². The van der Waals surface area contributed by atoms with Crippen molar-refractivity contribution in [2.45, 2.75) is 19.5 Å². The van der Waals surface area contributed by atoms with Crippen LogP contribution in [0.5, 0.6) is 0 Å². The van der Waals surface area contributed by atoms with E-state index in [0.717, 1.165) is 11.6 Å². The minimum absolute atomic E-state index is 0.208. The van der Waals surface area contributed by atoms with Gasteiger partial charge in [0, 0.05) is 18.5 Å². The summed E-state index contributed by atoms with van der Waals surface area (Å²) in [6.07, 6.45) is 0. The predicted octanol–water partition coefficient (Wildman–Crippen LogP) is 3.02. The predicted molar refractivity (Wildman–Crippen MR) is 58.0 cm³/mol. The maximum atomic E-state index is 12.9. The molecule has 0 N–H and O–H groups in total. The highest BCUT2D eigenvalue weighted by molar-refractivity contribution is 6.18. The molecule has 1 unspecified atom stereocenters. The molecule has 0 aromatic heterocycles. The first-order valence-corrected chi connectivity index (χ1v) is 5.28. The van der Waals surface area contributed by atoms with Gasteiger partial charge in [-0.05, 0) is 31.7 Å². The third kappa shape index (κ3) is 3.43. The molecule has 1 rings (SSSR count). The standard InChI is InChI=1S/C11H14ClF2N/c1-8(6-12)15(2)7-9-3-4-10(13)11(14)5-9/h3-5,8H,6-7H2,1-2H3. The molecule has 1 atom stereocenters. The fraction of sp³-hybridized carbons (Fsp3) is 0.455. The van der Waals surface area contributed by atoms with Gasteiger partial charge in [-0.15, -0.1) is 11.6 Å². The van der Waals surface area contributed by atoms with Crippen LogP contribution in [0.25, 0.3) is 0 Å². The lowest BCUT2D eigenvalue weighted by Gasteiger charge is -2.22. The number of nitrogens with zero attached hydrogens (tertiary/aromatic N) is 1. The highest BCUT2D eigenvalue weighted by atomic mass is 35.5. The van der Waals surface area contributed by atoms with E-state index in [4.69, 9.17) is 11.6 Å². The highest BCUT2D eigenvalue weighted by Gasteiger charge is 2.09. The van der Waals surface area contributed by atoms with Gasteiger partial charge in [0.2, 0.25) is 0 Å². The molecule has 0 aliphatic rings. The molecule has 1 aromatic rings. The molecule has 1 nitrogen and oxygen atoms in total. The van der Waals surface area contributed by atoms with Crippen LogP contribution in [0.1, 0.15) is 12.5 Å². The Bertz CT molecular complexity index is 330. The maximum Gasteiger partial charge on any atom is 0.159 e. The minimum Gasteiger partial charge on any atom is -0.298 e. The summed E-state index contributed by atoms with van der Waals surface area (Å²) in [5, 5.41) is 0. The van der Waals surface area contributed by atoms with E-state index in [1.807, 2.05) is 18.9 Å². The van der Waals surface area contributed by atoms with Gasteiger partial charge in [0.15, 0.2) is 11.6 Å². The number of halogens is 3. The zero-order valence-electron chi connectivity index (χ0n) is 8.80.